The summed E-state index contributed by atoms with van der Waals surface area (Å²) >= 11 is 4.12. The van der Waals surface area contributed by atoms with Crippen LogP contribution < -0.4 is 16.0 Å². The van der Waals surface area contributed by atoms with Gasteiger partial charge in [-0.3, -0.25) is 14.4 Å². The van der Waals surface area contributed by atoms with E-state index in [-0.39, 0.29) is 36.0 Å². The second-order valence-corrected chi connectivity index (χ2v) is 8.10. The molecule has 0 aromatic carbocycles. The average Bonchev–Trinajstić information content (AvgIpc) is 2.75. The molecule has 1 aromatic heterocycles. The first kappa shape index (κ1) is 26.0. The van der Waals surface area contributed by atoms with Crippen LogP contribution in [-0.4, -0.2) is 46.6 Å². The second-order valence-electron chi connectivity index (χ2n) is 7.65. The van der Waals surface area contributed by atoms with E-state index in [2.05, 4.69) is 40.1 Å². The summed E-state index contributed by atoms with van der Waals surface area (Å²) in [6.07, 6.45) is 2.72. The van der Waals surface area contributed by atoms with Crippen molar-refractivity contribution in [2.75, 3.05) is 5.75 Å². The third-order valence-electron chi connectivity index (χ3n) is 4.65. The highest BCUT2D eigenvalue weighted by molar-refractivity contribution is 7.80. The van der Waals surface area contributed by atoms with Gasteiger partial charge in [0.2, 0.25) is 5.91 Å². The summed E-state index contributed by atoms with van der Waals surface area (Å²) in [6, 6.07) is 1.12. The summed E-state index contributed by atoms with van der Waals surface area (Å²) in [7, 11) is 0. The number of nitrogens with zero attached hydrogens (tertiary/aromatic N) is 1. The second kappa shape index (κ2) is 12.1. The predicted octanol–water partition coefficient (Wildman–Crippen LogP) is 1.41. The number of ether oxygens (including phenoxy) is 1. The molecule has 1 aliphatic rings. The van der Waals surface area contributed by atoms with Crippen molar-refractivity contribution in [1.29, 1.82) is 0 Å². The van der Waals surface area contributed by atoms with Gasteiger partial charge in [-0.25, -0.2) is 14.2 Å². The summed E-state index contributed by atoms with van der Waals surface area (Å²) in [5, 5.41) is 7.28. The SMILES string of the molecule is C=C1NC(=O)c2ccc(F)c(n2)CNC(=O)C[C@@H](/C=C/CCS)OC(=O)[C@H](C(C)C)NC1=O. The molecule has 3 amide bonds. The van der Waals surface area contributed by atoms with Crippen molar-refractivity contribution in [2.45, 2.75) is 45.4 Å². The molecule has 0 fully saturated rings. The van der Waals surface area contributed by atoms with Crippen molar-refractivity contribution in [3.8, 4) is 0 Å². The number of amides is 3. The molecule has 178 valence electrons. The topological polar surface area (TPSA) is 126 Å². The summed E-state index contributed by atoms with van der Waals surface area (Å²) < 4.78 is 19.6. The largest absolute Gasteiger partial charge is 0.456 e. The van der Waals surface area contributed by atoms with Gasteiger partial charge in [0.25, 0.3) is 11.8 Å². The zero-order chi connectivity index (χ0) is 24.5. The third kappa shape index (κ3) is 7.70. The van der Waals surface area contributed by atoms with Gasteiger partial charge in [0.05, 0.1) is 24.4 Å². The number of fused-ring (bicyclic) bond motifs is 2. The Hall–Kier alpha value is -3.21. The van der Waals surface area contributed by atoms with Crippen LogP contribution in [0.3, 0.4) is 0 Å². The standard InChI is InChI=1S/C22H27FN4O5S/c1-12(2)19-22(31)32-14(6-4-5-9-33)10-18(28)24-11-17-15(23)7-8-16(26-17)21(30)25-13(3)20(29)27-19/h4,6-8,12,14,19,33H,3,5,9-11H2,1-2H3,(H,24,28)(H,25,30)(H,27,29)/b6-4+/t14-,19+/m1/s1. The molecule has 0 unspecified atom stereocenters. The number of nitrogens with one attached hydrogen (secondary N) is 3. The molecule has 0 saturated heterocycles. The Labute approximate surface area is 196 Å². The van der Waals surface area contributed by atoms with E-state index < -0.39 is 41.7 Å². The summed E-state index contributed by atoms with van der Waals surface area (Å²) in [4.78, 5) is 54.1. The van der Waals surface area contributed by atoms with Crippen LogP contribution in [0.1, 0.15) is 42.9 Å². The molecular formula is C22H27FN4O5S. The van der Waals surface area contributed by atoms with Crippen molar-refractivity contribution in [3.05, 3.63) is 53.8 Å². The molecule has 0 aliphatic carbocycles. The number of halogens is 1. The third-order valence-corrected chi connectivity index (χ3v) is 4.91. The molecule has 0 saturated carbocycles. The van der Waals surface area contributed by atoms with Crippen molar-refractivity contribution in [3.63, 3.8) is 0 Å². The van der Waals surface area contributed by atoms with Gasteiger partial charge in [-0.2, -0.15) is 12.6 Å². The van der Waals surface area contributed by atoms with Crippen LogP contribution in [0.15, 0.2) is 36.6 Å². The molecule has 11 heteroatoms. The van der Waals surface area contributed by atoms with E-state index in [9.17, 15) is 23.6 Å². The molecule has 2 bridgehead atoms. The average molecular weight is 479 g/mol. The van der Waals surface area contributed by atoms with Crippen LogP contribution in [0.2, 0.25) is 0 Å². The van der Waals surface area contributed by atoms with E-state index in [1.807, 2.05) is 0 Å². The van der Waals surface area contributed by atoms with Crippen LogP contribution >= 0.6 is 12.6 Å². The Balaban J connectivity index is 2.39. The van der Waals surface area contributed by atoms with Gasteiger partial charge in [-0.1, -0.05) is 26.5 Å². The number of pyridine rings is 1. The highest BCUT2D eigenvalue weighted by Gasteiger charge is 2.29. The van der Waals surface area contributed by atoms with Gasteiger partial charge in [0, 0.05) is 0 Å². The van der Waals surface area contributed by atoms with E-state index in [0.717, 1.165) is 12.1 Å². The number of carbonyl (C=O) groups is 4. The number of esters is 1. The molecule has 0 spiro atoms. The van der Waals surface area contributed by atoms with Gasteiger partial charge in [-0.15, -0.1) is 0 Å². The molecule has 33 heavy (non-hydrogen) atoms. The molecule has 2 atom stereocenters. The highest BCUT2D eigenvalue weighted by atomic mass is 32.1. The lowest BCUT2D eigenvalue weighted by molar-refractivity contribution is -0.153. The maximum Gasteiger partial charge on any atom is 0.329 e. The van der Waals surface area contributed by atoms with Gasteiger partial charge in [-0.05, 0) is 36.3 Å². The minimum Gasteiger partial charge on any atom is -0.456 e. The number of carbonyl (C=O) groups excluding carboxylic acids is 4. The van der Waals surface area contributed by atoms with Gasteiger partial charge in [0.15, 0.2) is 0 Å². The van der Waals surface area contributed by atoms with E-state index in [4.69, 9.17) is 4.74 Å². The molecule has 1 aliphatic heterocycles. The summed E-state index contributed by atoms with van der Waals surface area (Å²) in [6.45, 7) is 6.64. The Kier molecular flexibility index (Phi) is 9.58. The van der Waals surface area contributed by atoms with Crippen LogP contribution in [0, 0.1) is 11.7 Å². The lowest BCUT2D eigenvalue weighted by atomic mass is 10.0. The number of aromatic nitrogens is 1. The highest BCUT2D eigenvalue weighted by Crippen LogP contribution is 2.12. The van der Waals surface area contributed by atoms with E-state index >= 15 is 0 Å². The fourth-order valence-electron chi connectivity index (χ4n) is 2.85. The van der Waals surface area contributed by atoms with Crippen LogP contribution in [0.5, 0.6) is 0 Å². The molecule has 0 radical (unpaired) electrons. The fourth-order valence-corrected chi connectivity index (χ4v) is 3.00. The maximum atomic E-state index is 14.1. The first-order valence-corrected chi connectivity index (χ1v) is 11.0. The first-order chi connectivity index (χ1) is 15.6. The van der Waals surface area contributed by atoms with Crippen LogP contribution in [0.4, 0.5) is 4.39 Å². The Bertz CT molecular complexity index is 966. The number of thiol groups is 1. The Morgan fingerprint density at radius 1 is 1.27 bits per heavy atom. The van der Waals surface area contributed by atoms with E-state index in [1.54, 1.807) is 26.0 Å². The van der Waals surface area contributed by atoms with Gasteiger partial charge in [0.1, 0.15) is 23.7 Å². The fraction of sp³-hybridized carbons (Fsp3) is 0.409. The van der Waals surface area contributed by atoms with Gasteiger partial charge >= 0.3 is 5.97 Å². The van der Waals surface area contributed by atoms with E-state index in [0.29, 0.717) is 12.2 Å². The number of allylic oxidation sites excluding steroid dienone is 1. The predicted molar refractivity (Wildman–Crippen MR) is 122 cm³/mol. The number of cyclic esters (lactones) is 1. The summed E-state index contributed by atoms with van der Waals surface area (Å²) in [5.41, 5.74) is -0.664. The minimum absolute atomic E-state index is 0.169. The monoisotopic (exact) mass is 478 g/mol. The zero-order valence-electron chi connectivity index (χ0n) is 18.4. The van der Waals surface area contributed by atoms with Crippen molar-refractivity contribution < 1.29 is 28.3 Å². The minimum atomic E-state index is -1.06. The number of hydrogen-bond donors (Lipinski definition) is 4. The molecule has 9 nitrogen and oxygen atoms in total. The van der Waals surface area contributed by atoms with Crippen LogP contribution in [0.25, 0.3) is 0 Å². The Morgan fingerprint density at radius 2 is 2.00 bits per heavy atom. The quantitative estimate of drug-likeness (QED) is 0.224. The smallest absolute Gasteiger partial charge is 0.329 e. The van der Waals surface area contributed by atoms with Crippen molar-refractivity contribution in [2.24, 2.45) is 5.92 Å². The molecule has 2 rings (SSSR count). The maximum absolute atomic E-state index is 14.1. The van der Waals surface area contributed by atoms with Crippen LogP contribution in [-0.2, 0) is 25.7 Å². The number of rotatable bonds is 4. The lowest BCUT2D eigenvalue weighted by Crippen LogP contribution is -2.48. The lowest BCUT2D eigenvalue weighted by Gasteiger charge is -2.24. The normalized spacial score (nSPS) is 20.9. The van der Waals surface area contributed by atoms with Crippen molar-refractivity contribution >= 4 is 36.3 Å². The Morgan fingerprint density at radius 3 is 2.67 bits per heavy atom. The molecule has 1 aromatic rings. The molecule has 3 N–H and O–H groups in total. The number of hydrogen-bond acceptors (Lipinski definition) is 7. The van der Waals surface area contributed by atoms with E-state index in [1.165, 1.54) is 0 Å². The molecular weight excluding hydrogens is 451 g/mol. The summed E-state index contributed by atoms with van der Waals surface area (Å²) in [5.74, 6) is -3.40. The van der Waals surface area contributed by atoms with Crippen molar-refractivity contribution in [1.82, 2.24) is 20.9 Å². The van der Waals surface area contributed by atoms with Gasteiger partial charge < -0.3 is 20.7 Å². The zero-order valence-corrected chi connectivity index (χ0v) is 19.3. The molecule has 2 heterocycles. The first-order valence-electron chi connectivity index (χ1n) is 10.3.